The standard InChI is InChI=1S/C18H22N2O3S/c1-11-5-4-6-12(2)16(11)20-18(23)17(22)19-10-9-14-7-8-15(24-14)13(3)21/h4-8,13,21H,9-10H2,1-3H3,(H,19,22)(H,20,23)/t13-/m0/s1. The number of aliphatic hydroxyl groups is 1. The average molecular weight is 346 g/mol. The molecule has 2 aromatic rings. The summed E-state index contributed by atoms with van der Waals surface area (Å²) in [7, 11) is 0. The Bertz CT molecular complexity index is 717. The van der Waals surface area contributed by atoms with Crippen LogP contribution in [-0.4, -0.2) is 23.5 Å². The largest absolute Gasteiger partial charge is 0.388 e. The summed E-state index contributed by atoms with van der Waals surface area (Å²) < 4.78 is 0. The monoisotopic (exact) mass is 346 g/mol. The topological polar surface area (TPSA) is 78.4 Å². The van der Waals surface area contributed by atoms with Crippen molar-refractivity contribution < 1.29 is 14.7 Å². The third-order valence-electron chi connectivity index (χ3n) is 3.68. The summed E-state index contributed by atoms with van der Waals surface area (Å²) in [6.45, 7) is 5.86. The van der Waals surface area contributed by atoms with Gasteiger partial charge in [-0.3, -0.25) is 9.59 Å². The van der Waals surface area contributed by atoms with Gasteiger partial charge in [0.25, 0.3) is 0 Å². The summed E-state index contributed by atoms with van der Waals surface area (Å²) in [5.74, 6) is -1.31. The number of para-hydroxylation sites is 1. The molecule has 5 nitrogen and oxygen atoms in total. The maximum absolute atomic E-state index is 12.0. The van der Waals surface area contributed by atoms with E-state index in [1.165, 1.54) is 11.3 Å². The molecular weight excluding hydrogens is 324 g/mol. The van der Waals surface area contributed by atoms with Gasteiger partial charge in [0.2, 0.25) is 0 Å². The quantitative estimate of drug-likeness (QED) is 0.729. The van der Waals surface area contributed by atoms with Crippen molar-refractivity contribution in [2.24, 2.45) is 0 Å². The Labute approximate surface area is 145 Å². The van der Waals surface area contributed by atoms with Gasteiger partial charge in [-0.25, -0.2) is 0 Å². The lowest BCUT2D eigenvalue weighted by atomic mass is 10.1. The highest BCUT2D eigenvalue weighted by Gasteiger charge is 2.15. The van der Waals surface area contributed by atoms with Crippen molar-refractivity contribution >= 4 is 28.8 Å². The summed E-state index contributed by atoms with van der Waals surface area (Å²) in [4.78, 5) is 25.9. The first kappa shape index (κ1) is 18.2. The number of hydrogen-bond acceptors (Lipinski definition) is 4. The maximum atomic E-state index is 12.0. The van der Waals surface area contributed by atoms with Crippen molar-refractivity contribution in [2.45, 2.75) is 33.3 Å². The molecule has 1 aromatic heterocycles. The zero-order chi connectivity index (χ0) is 17.7. The SMILES string of the molecule is Cc1cccc(C)c1NC(=O)C(=O)NCCc1ccc([C@H](C)O)s1. The second-order valence-electron chi connectivity index (χ2n) is 5.71. The lowest BCUT2D eigenvalue weighted by Gasteiger charge is -2.11. The predicted molar refractivity (Wildman–Crippen MR) is 96.2 cm³/mol. The van der Waals surface area contributed by atoms with E-state index in [1.807, 2.05) is 44.2 Å². The van der Waals surface area contributed by atoms with Gasteiger partial charge in [0.05, 0.1) is 6.10 Å². The zero-order valence-electron chi connectivity index (χ0n) is 14.1. The number of carbonyl (C=O) groups is 2. The first-order valence-electron chi connectivity index (χ1n) is 7.80. The van der Waals surface area contributed by atoms with Crippen LogP contribution in [0.4, 0.5) is 5.69 Å². The Balaban J connectivity index is 1.84. The molecule has 6 heteroatoms. The highest BCUT2D eigenvalue weighted by Crippen LogP contribution is 2.23. The minimum absolute atomic E-state index is 0.374. The number of anilines is 1. The number of aryl methyl sites for hydroxylation is 2. The van der Waals surface area contributed by atoms with Crippen LogP contribution in [0.15, 0.2) is 30.3 Å². The van der Waals surface area contributed by atoms with Gasteiger partial charge in [0.15, 0.2) is 0 Å². The van der Waals surface area contributed by atoms with E-state index >= 15 is 0 Å². The van der Waals surface area contributed by atoms with Gasteiger partial charge in [-0.05, 0) is 50.5 Å². The summed E-state index contributed by atoms with van der Waals surface area (Å²) in [6.07, 6.45) is 0.140. The number of aliphatic hydroxyl groups excluding tert-OH is 1. The van der Waals surface area contributed by atoms with Crippen LogP contribution in [0, 0.1) is 13.8 Å². The van der Waals surface area contributed by atoms with Crippen molar-refractivity contribution in [3.63, 3.8) is 0 Å². The van der Waals surface area contributed by atoms with E-state index in [2.05, 4.69) is 10.6 Å². The highest BCUT2D eigenvalue weighted by molar-refractivity contribution is 7.12. The molecule has 0 saturated heterocycles. The Morgan fingerprint density at radius 3 is 2.38 bits per heavy atom. The smallest absolute Gasteiger partial charge is 0.313 e. The Kier molecular flexibility index (Phi) is 6.11. The van der Waals surface area contributed by atoms with E-state index in [1.54, 1.807) is 6.92 Å². The lowest BCUT2D eigenvalue weighted by molar-refractivity contribution is -0.136. The molecule has 128 valence electrons. The molecule has 1 atom stereocenters. The molecule has 1 aromatic carbocycles. The van der Waals surface area contributed by atoms with Crippen molar-refractivity contribution in [1.29, 1.82) is 0 Å². The third-order valence-corrected chi connectivity index (χ3v) is 4.99. The first-order chi connectivity index (χ1) is 11.4. The summed E-state index contributed by atoms with van der Waals surface area (Å²) in [5.41, 5.74) is 2.51. The summed E-state index contributed by atoms with van der Waals surface area (Å²) >= 11 is 1.51. The number of thiophene rings is 1. The van der Waals surface area contributed by atoms with Crippen LogP contribution in [0.1, 0.15) is 33.9 Å². The van der Waals surface area contributed by atoms with Gasteiger partial charge in [-0.1, -0.05) is 18.2 Å². The van der Waals surface area contributed by atoms with Gasteiger partial charge in [0, 0.05) is 22.0 Å². The molecule has 0 fully saturated rings. The van der Waals surface area contributed by atoms with Crippen LogP contribution in [0.2, 0.25) is 0 Å². The lowest BCUT2D eigenvalue weighted by Crippen LogP contribution is -2.36. The van der Waals surface area contributed by atoms with Crippen LogP contribution >= 0.6 is 11.3 Å². The fourth-order valence-electron chi connectivity index (χ4n) is 2.31. The fourth-order valence-corrected chi connectivity index (χ4v) is 3.26. The van der Waals surface area contributed by atoms with E-state index < -0.39 is 17.9 Å². The van der Waals surface area contributed by atoms with E-state index in [0.717, 1.165) is 20.9 Å². The Morgan fingerprint density at radius 1 is 1.12 bits per heavy atom. The fraction of sp³-hybridized carbons (Fsp3) is 0.333. The van der Waals surface area contributed by atoms with E-state index in [0.29, 0.717) is 18.7 Å². The normalized spacial score (nSPS) is 11.8. The number of benzene rings is 1. The number of amides is 2. The van der Waals surface area contributed by atoms with E-state index in [4.69, 9.17) is 0 Å². The number of hydrogen-bond donors (Lipinski definition) is 3. The Morgan fingerprint density at radius 2 is 1.79 bits per heavy atom. The molecule has 3 N–H and O–H groups in total. The average Bonchev–Trinajstić information content (AvgIpc) is 3.00. The molecule has 24 heavy (non-hydrogen) atoms. The Hall–Kier alpha value is -2.18. The second-order valence-corrected chi connectivity index (χ2v) is 6.91. The third kappa shape index (κ3) is 4.66. The van der Waals surface area contributed by atoms with Gasteiger partial charge in [-0.15, -0.1) is 11.3 Å². The molecule has 0 aliphatic carbocycles. The number of carbonyl (C=O) groups excluding carboxylic acids is 2. The molecule has 0 bridgehead atoms. The molecule has 2 rings (SSSR count). The second kappa shape index (κ2) is 8.08. The minimum Gasteiger partial charge on any atom is -0.388 e. The molecule has 0 aliphatic heterocycles. The maximum Gasteiger partial charge on any atom is 0.313 e. The van der Waals surface area contributed by atoms with Crippen molar-refractivity contribution in [1.82, 2.24) is 5.32 Å². The molecule has 0 unspecified atom stereocenters. The molecule has 0 spiro atoms. The number of rotatable bonds is 5. The van der Waals surface area contributed by atoms with Gasteiger partial charge < -0.3 is 15.7 Å². The first-order valence-corrected chi connectivity index (χ1v) is 8.62. The zero-order valence-corrected chi connectivity index (χ0v) is 14.9. The van der Waals surface area contributed by atoms with Gasteiger partial charge in [-0.2, -0.15) is 0 Å². The number of nitrogens with one attached hydrogen (secondary N) is 2. The molecule has 0 saturated carbocycles. The summed E-state index contributed by atoms with van der Waals surface area (Å²) in [6, 6.07) is 9.48. The van der Waals surface area contributed by atoms with Gasteiger partial charge in [0.1, 0.15) is 0 Å². The van der Waals surface area contributed by atoms with Crippen molar-refractivity contribution in [3.05, 3.63) is 51.2 Å². The van der Waals surface area contributed by atoms with Gasteiger partial charge >= 0.3 is 11.8 Å². The van der Waals surface area contributed by atoms with E-state index in [-0.39, 0.29) is 0 Å². The highest BCUT2D eigenvalue weighted by atomic mass is 32.1. The van der Waals surface area contributed by atoms with Crippen LogP contribution in [0.5, 0.6) is 0 Å². The predicted octanol–water partition coefficient (Wildman–Crippen LogP) is 2.72. The molecule has 0 aliphatic rings. The van der Waals surface area contributed by atoms with Crippen LogP contribution in [-0.2, 0) is 16.0 Å². The molecule has 0 radical (unpaired) electrons. The summed E-state index contributed by atoms with van der Waals surface area (Å²) in [5, 5.41) is 14.8. The molecule has 1 heterocycles. The molecular formula is C18H22N2O3S. The minimum atomic E-state index is -0.664. The van der Waals surface area contributed by atoms with Crippen LogP contribution < -0.4 is 10.6 Å². The van der Waals surface area contributed by atoms with E-state index in [9.17, 15) is 14.7 Å². The van der Waals surface area contributed by atoms with Crippen LogP contribution in [0.25, 0.3) is 0 Å². The van der Waals surface area contributed by atoms with Crippen molar-refractivity contribution in [3.8, 4) is 0 Å². The van der Waals surface area contributed by atoms with Crippen LogP contribution in [0.3, 0.4) is 0 Å². The molecule has 2 amide bonds. The van der Waals surface area contributed by atoms with Crippen molar-refractivity contribution in [2.75, 3.05) is 11.9 Å².